The molecule has 0 bridgehead atoms. The number of H-pyrrole nitrogens is 1. The third-order valence-corrected chi connectivity index (χ3v) is 1.66. The molecule has 0 aliphatic rings. The summed E-state index contributed by atoms with van der Waals surface area (Å²) in [6.07, 6.45) is 2.91. The predicted molar refractivity (Wildman–Crippen MR) is 35.4 cm³/mol. The quantitative estimate of drug-likeness (QED) is 0.595. The van der Waals surface area contributed by atoms with Gasteiger partial charge in [0.25, 0.3) is 0 Å². The van der Waals surface area contributed by atoms with Gasteiger partial charge in [-0.25, -0.2) is 13.6 Å². The molecule has 0 unspecified atom stereocenters. The molecule has 0 atom stereocenters. The Morgan fingerprint density at radius 2 is 2.40 bits per heavy atom. The zero-order valence-corrected chi connectivity index (χ0v) is 5.93. The Balaban J connectivity index is 2.75. The van der Waals surface area contributed by atoms with Crippen molar-refractivity contribution in [2.75, 3.05) is 0 Å². The lowest BCUT2D eigenvalue weighted by Crippen LogP contribution is -2.13. The van der Waals surface area contributed by atoms with Crippen LogP contribution in [0.2, 0.25) is 0 Å². The smallest absolute Gasteiger partial charge is 0.213 e. The van der Waals surface area contributed by atoms with Gasteiger partial charge in [-0.3, -0.25) is 5.10 Å². The average molecular weight is 161 g/mol. The van der Waals surface area contributed by atoms with Crippen molar-refractivity contribution in [2.24, 2.45) is 5.14 Å². The summed E-state index contributed by atoms with van der Waals surface area (Å²) in [7, 11) is -3.41. The summed E-state index contributed by atoms with van der Waals surface area (Å²) in [5, 5.41) is 10.8. The number of aromatic amines is 1. The van der Waals surface area contributed by atoms with E-state index in [2.05, 4.69) is 10.2 Å². The highest BCUT2D eigenvalue weighted by molar-refractivity contribution is 7.88. The average Bonchev–Trinajstić information content (AvgIpc) is 2.12. The number of rotatable bonds is 2. The van der Waals surface area contributed by atoms with E-state index in [4.69, 9.17) is 5.14 Å². The first kappa shape index (κ1) is 7.23. The fourth-order valence-electron chi connectivity index (χ4n) is 0.589. The summed E-state index contributed by atoms with van der Waals surface area (Å²) >= 11 is 0. The van der Waals surface area contributed by atoms with Crippen molar-refractivity contribution in [3.05, 3.63) is 18.0 Å². The van der Waals surface area contributed by atoms with Crippen molar-refractivity contribution in [2.45, 2.75) is 5.75 Å². The fraction of sp³-hybridized carbons (Fsp3) is 0.250. The topological polar surface area (TPSA) is 88.8 Å². The Bertz CT molecular complexity index is 288. The van der Waals surface area contributed by atoms with Gasteiger partial charge in [0.05, 0.1) is 11.9 Å². The van der Waals surface area contributed by atoms with Crippen LogP contribution in [0.1, 0.15) is 5.56 Å². The lowest BCUT2D eigenvalue weighted by atomic mass is 10.4. The lowest BCUT2D eigenvalue weighted by molar-refractivity contribution is 0.597. The molecule has 1 aromatic heterocycles. The van der Waals surface area contributed by atoms with E-state index in [1.165, 1.54) is 12.4 Å². The van der Waals surface area contributed by atoms with E-state index >= 15 is 0 Å². The first-order chi connectivity index (χ1) is 4.58. The van der Waals surface area contributed by atoms with Gasteiger partial charge < -0.3 is 0 Å². The number of nitrogens with zero attached hydrogens (tertiary/aromatic N) is 1. The van der Waals surface area contributed by atoms with Crippen molar-refractivity contribution >= 4 is 10.0 Å². The molecule has 0 spiro atoms. The highest BCUT2D eigenvalue weighted by Gasteiger charge is 2.04. The van der Waals surface area contributed by atoms with Gasteiger partial charge in [0.2, 0.25) is 10.0 Å². The van der Waals surface area contributed by atoms with Crippen LogP contribution in [0.15, 0.2) is 12.4 Å². The van der Waals surface area contributed by atoms with Crippen LogP contribution in [0, 0.1) is 0 Å². The molecule has 0 amide bonds. The van der Waals surface area contributed by atoms with E-state index in [1.807, 2.05) is 0 Å². The molecule has 0 saturated carbocycles. The second-order valence-electron chi connectivity index (χ2n) is 1.91. The van der Waals surface area contributed by atoms with Crippen LogP contribution in [-0.4, -0.2) is 18.6 Å². The molecule has 0 fully saturated rings. The van der Waals surface area contributed by atoms with Crippen molar-refractivity contribution in [3.8, 4) is 0 Å². The van der Waals surface area contributed by atoms with Crippen LogP contribution in [0.3, 0.4) is 0 Å². The van der Waals surface area contributed by atoms with Crippen molar-refractivity contribution < 1.29 is 8.42 Å². The molecule has 1 aromatic rings. The number of primary sulfonamides is 1. The predicted octanol–water partition coefficient (Wildman–Crippen LogP) is -0.802. The zero-order chi connectivity index (χ0) is 7.61. The number of nitrogens with two attached hydrogens (primary N) is 1. The van der Waals surface area contributed by atoms with Gasteiger partial charge in [-0.1, -0.05) is 0 Å². The minimum Gasteiger partial charge on any atom is -0.285 e. The van der Waals surface area contributed by atoms with Crippen LogP contribution in [0.5, 0.6) is 0 Å². The molecule has 6 heteroatoms. The summed E-state index contributed by atoms with van der Waals surface area (Å²) in [5.41, 5.74) is 0.572. The fourth-order valence-corrected chi connectivity index (χ4v) is 1.21. The van der Waals surface area contributed by atoms with Crippen LogP contribution in [0.4, 0.5) is 0 Å². The van der Waals surface area contributed by atoms with E-state index in [1.54, 1.807) is 0 Å². The molecule has 5 nitrogen and oxygen atoms in total. The van der Waals surface area contributed by atoms with E-state index in [-0.39, 0.29) is 5.75 Å². The molecule has 0 radical (unpaired) electrons. The van der Waals surface area contributed by atoms with Crippen molar-refractivity contribution in [1.29, 1.82) is 0 Å². The Labute approximate surface area is 58.3 Å². The Morgan fingerprint density at radius 3 is 2.80 bits per heavy atom. The molecule has 0 saturated heterocycles. The number of sulfonamides is 1. The summed E-state index contributed by atoms with van der Waals surface area (Å²) < 4.78 is 20.9. The maximum Gasteiger partial charge on any atom is 0.213 e. The third-order valence-electron chi connectivity index (χ3n) is 0.923. The largest absolute Gasteiger partial charge is 0.285 e. The van der Waals surface area contributed by atoms with Crippen LogP contribution >= 0.6 is 0 Å². The number of hydrogen-bond donors (Lipinski definition) is 2. The molecular weight excluding hydrogens is 154 g/mol. The third kappa shape index (κ3) is 2.16. The number of nitrogens with one attached hydrogen (secondary N) is 1. The van der Waals surface area contributed by atoms with Crippen LogP contribution < -0.4 is 5.14 Å². The van der Waals surface area contributed by atoms with Gasteiger partial charge in [-0.2, -0.15) is 5.10 Å². The van der Waals surface area contributed by atoms with E-state index < -0.39 is 10.0 Å². The summed E-state index contributed by atoms with van der Waals surface area (Å²) in [5.74, 6) is -0.163. The normalized spacial score (nSPS) is 11.7. The SMILES string of the molecule is NS(=O)(=O)Cc1cn[nH]c1. The van der Waals surface area contributed by atoms with Gasteiger partial charge in [-0.15, -0.1) is 0 Å². The highest BCUT2D eigenvalue weighted by atomic mass is 32.2. The molecule has 56 valence electrons. The summed E-state index contributed by atoms with van der Waals surface area (Å²) in [4.78, 5) is 0. The van der Waals surface area contributed by atoms with E-state index in [0.29, 0.717) is 5.56 Å². The second kappa shape index (κ2) is 2.39. The zero-order valence-electron chi connectivity index (χ0n) is 5.11. The molecule has 1 heterocycles. The monoisotopic (exact) mass is 161 g/mol. The van der Waals surface area contributed by atoms with Crippen LogP contribution in [0.25, 0.3) is 0 Å². The van der Waals surface area contributed by atoms with Gasteiger partial charge in [0.1, 0.15) is 0 Å². The van der Waals surface area contributed by atoms with Gasteiger partial charge in [-0.05, 0) is 0 Å². The second-order valence-corrected chi connectivity index (χ2v) is 3.53. The molecule has 0 aliphatic carbocycles. The minimum atomic E-state index is -3.41. The molecule has 0 aromatic carbocycles. The first-order valence-corrected chi connectivity index (χ1v) is 4.27. The molecule has 3 N–H and O–H groups in total. The van der Waals surface area contributed by atoms with Crippen LogP contribution in [-0.2, 0) is 15.8 Å². The minimum absolute atomic E-state index is 0.163. The molecule has 1 rings (SSSR count). The van der Waals surface area contributed by atoms with Gasteiger partial charge >= 0.3 is 0 Å². The van der Waals surface area contributed by atoms with Crippen molar-refractivity contribution in [1.82, 2.24) is 10.2 Å². The summed E-state index contributed by atoms with van der Waals surface area (Å²) in [6, 6.07) is 0. The van der Waals surface area contributed by atoms with Gasteiger partial charge in [0.15, 0.2) is 0 Å². The highest BCUT2D eigenvalue weighted by Crippen LogP contribution is 1.97. The number of aromatic nitrogens is 2. The Kier molecular flexibility index (Phi) is 1.73. The van der Waals surface area contributed by atoms with E-state index in [0.717, 1.165) is 0 Å². The lowest BCUT2D eigenvalue weighted by Gasteiger charge is -1.90. The summed E-state index contributed by atoms with van der Waals surface area (Å²) in [6.45, 7) is 0. The standard InChI is InChI=1S/C4H7N3O2S/c5-10(8,9)3-4-1-6-7-2-4/h1-2H,3H2,(H,6,7)(H2,5,8,9). The van der Waals surface area contributed by atoms with Crippen molar-refractivity contribution in [3.63, 3.8) is 0 Å². The Hall–Kier alpha value is -0.880. The van der Waals surface area contributed by atoms with Gasteiger partial charge in [0, 0.05) is 11.8 Å². The molecular formula is C4H7N3O2S. The maximum absolute atomic E-state index is 10.4. The number of hydrogen-bond acceptors (Lipinski definition) is 3. The van der Waals surface area contributed by atoms with E-state index in [9.17, 15) is 8.42 Å². The molecule has 10 heavy (non-hydrogen) atoms. The Morgan fingerprint density at radius 1 is 1.70 bits per heavy atom. The first-order valence-electron chi connectivity index (χ1n) is 2.56. The molecule has 0 aliphatic heterocycles. The maximum atomic E-state index is 10.4.